The van der Waals surface area contributed by atoms with Gasteiger partial charge in [-0.05, 0) is 43.7 Å². The number of nitrogens with zero attached hydrogens (tertiary/aromatic N) is 4. The summed E-state index contributed by atoms with van der Waals surface area (Å²) in [4.78, 5) is 17.2. The number of morpholine rings is 1. The molecule has 7 nitrogen and oxygen atoms in total. The van der Waals surface area contributed by atoms with Crippen LogP contribution in [0.4, 0.5) is 5.69 Å². The molecule has 2 aromatic rings. The Morgan fingerprint density at radius 3 is 2.59 bits per heavy atom. The van der Waals surface area contributed by atoms with Crippen LogP contribution in [0.5, 0.6) is 0 Å². The van der Waals surface area contributed by atoms with E-state index < -0.39 is 6.10 Å². The molecule has 2 aliphatic heterocycles. The van der Waals surface area contributed by atoms with Crippen LogP contribution in [0, 0.1) is 0 Å². The highest BCUT2D eigenvalue weighted by Crippen LogP contribution is 2.21. The molecule has 0 bridgehead atoms. The van der Waals surface area contributed by atoms with Crippen molar-refractivity contribution in [2.75, 3.05) is 37.7 Å². The number of amides is 1. The number of ether oxygens (including phenoxy) is 1. The van der Waals surface area contributed by atoms with E-state index in [4.69, 9.17) is 4.74 Å². The molecule has 0 spiro atoms. The highest BCUT2D eigenvalue weighted by atomic mass is 16.5. The molecule has 1 N–H and O–H groups in total. The Bertz CT molecular complexity index is 794. The molecule has 2 aliphatic rings. The number of benzene rings is 1. The third kappa shape index (κ3) is 3.84. The minimum atomic E-state index is -0.596. The molecule has 1 aromatic carbocycles. The van der Waals surface area contributed by atoms with Gasteiger partial charge in [0, 0.05) is 37.4 Å². The predicted molar refractivity (Wildman–Crippen MR) is 102 cm³/mol. The molecule has 1 saturated heterocycles. The first-order chi connectivity index (χ1) is 13.1. The fourth-order valence-electron chi connectivity index (χ4n) is 3.68. The second kappa shape index (κ2) is 7.70. The van der Waals surface area contributed by atoms with Gasteiger partial charge in [-0.1, -0.05) is 0 Å². The van der Waals surface area contributed by atoms with Crippen LogP contribution in [0.25, 0.3) is 0 Å². The smallest absolute Gasteiger partial charge is 0.254 e. The van der Waals surface area contributed by atoms with Crippen LogP contribution < -0.4 is 4.90 Å². The molecule has 1 atom stereocenters. The van der Waals surface area contributed by atoms with Gasteiger partial charge in [0.1, 0.15) is 0 Å². The largest absolute Gasteiger partial charge is 0.387 e. The summed E-state index contributed by atoms with van der Waals surface area (Å²) in [6.07, 6.45) is 0.257. The number of anilines is 1. The fourth-order valence-corrected chi connectivity index (χ4v) is 3.68. The van der Waals surface area contributed by atoms with E-state index in [1.807, 2.05) is 39.9 Å². The maximum Gasteiger partial charge on any atom is 0.254 e. The van der Waals surface area contributed by atoms with Crippen LogP contribution in [0.15, 0.2) is 30.3 Å². The summed E-state index contributed by atoms with van der Waals surface area (Å²) in [6, 6.07) is 9.77. The maximum absolute atomic E-state index is 13.0. The molecule has 1 fully saturated rings. The van der Waals surface area contributed by atoms with Gasteiger partial charge in [-0.2, -0.15) is 5.10 Å². The molecule has 4 rings (SSSR count). The van der Waals surface area contributed by atoms with E-state index in [0.717, 1.165) is 50.7 Å². The second-order valence-corrected chi connectivity index (χ2v) is 7.19. The van der Waals surface area contributed by atoms with Gasteiger partial charge in [0.25, 0.3) is 5.91 Å². The Balaban J connectivity index is 1.48. The van der Waals surface area contributed by atoms with E-state index in [2.05, 4.69) is 10.00 Å². The third-order valence-electron chi connectivity index (χ3n) is 5.24. The first kappa shape index (κ1) is 18.0. The molecule has 7 heteroatoms. The van der Waals surface area contributed by atoms with Crippen molar-refractivity contribution in [3.05, 3.63) is 47.3 Å². The number of hydrogen-bond acceptors (Lipinski definition) is 5. The lowest BCUT2D eigenvalue weighted by atomic mass is 10.1. The Morgan fingerprint density at radius 1 is 1.15 bits per heavy atom. The summed E-state index contributed by atoms with van der Waals surface area (Å²) in [7, 11) is 0. The molecule has 1 aromatic heterocycles. The number of carbonyl (C=O) groups is 1. The Morgan fingerprint density at radius 2 is 1.89 bits per heavy atom. The van der Waals surface area contributed by atoms with Crippen LogP contribution in [-0.2, 0) is 17.8 Å². The van der Waals surface area contributed by atoms with E-state index in [1.54, 1.807) is 6.92 Å². The number of aryl methyl sites for hydroxylation is 1. The van der Waals surface area contributed by atoms with Gasteiger partial charge in [0.2, 0.25) is 0 Å². The molecule has 0 aliphatic carbocycles. The van der Waals surface area contributed by atoms with Gasteiger partial charge in [-0.3, -0.25) is 9.48 Å². The van der Waals surface area contributed by atoms with Crippen molar-refractivity contribution in [3.63, 3.8) is 0 Å². The lowest BCUT2D eigenvalue weighted by Crippen LogP contribution is -2.36. The van der Waals surface area contributed by atoms with Crippen LogP contribution >= 0.6 is 0 Å². The van der Waals surface area contributed by atoms with Crippen molar-refractivity contribution in [1.29, 1.82) is 0 Å². The first-order valence-electron chi connectivity index (χ1n) is 9.58. The molecule has 27 heavy (non-hydrogen) atoms. The molecular formula is C20H26N4O3. The normalized spacial score (nSPS) is 18.7. The summed E-state index contributed by atoms with van der Waals surface area (Å²) < 4.78 is 7.31. The molecule has 0 saturated carbocycles. The fraction of sp³-hybridized carbons (Fsp3) is 0.500. The van der Waals surface area contributed by atoms with Crippen LogP contribution in [0.1, 0.15) is 41.2 Å². The molecule has 1 amide bonds. The van der Waals surface area contributed by atoms with Crippen LogP contribution in [0.3, 0.4) is 0 Å². The molecule has 3 heterocycles. The number of aromatic nitrogens is 2. The number of rotatable bonds is 3. The number of fused-ring (bicyclic) bond motifs is 1. The zero-order valence-corrected chi connectivity index (χ0v) is 15.7. The van der Waals surface area contributed by atoms with E-state index in [1.165, 1.54) is 0 Å². The predicted octanol–water partition coefficient (Wildman–Crippen LogP) is 1.82. The highest BCUT2D eigenvalue weighted by molar-refractivity contribution is 5.94. The Labute approximate surface area is 159 Å². The average Bonchev–Trinajstić information content (AvgIpc) is 3.00. The van der Waals surface area contributed by atoms with Crippen LogP contribution in [-0.4, -0.2) is 58.5 Å². The summed E-state index contributed by atoms with van der Waals surface area (Å²) in [5, 5.41) is 14.2. The van der Waals surface area contributed by atoms with E-state index in [9.17, 15) is 9.90 Å². The van der Waals surface area contributed by atoms with Crippen molar-refractivity contribution in [2.24, 2.45) is 0 Å². The van der Waals surface area contributed by atoms with Gasteiger partial charge >= 0.3 is 0 Å². The lowest BCUT2D eigenvalue weighted by Gasteiger charge is -2.29. The van der Waals surface area contributed by atoms with E-state index >= 15 is 0 Å². The van der Waals surface area contributed by atoms with Crippen molar-refractivity contribution in [3.8, 4) is 0 Å². The number of aliphatic hydroxyl groups excluding tert-OH is 1. The second-order valence-electron chi connectivity index (χ2n) is 7.19. The lowest BCUT2D eigenvalue weighted by molar-refractivity contribution is 0.0745. The summed E-state index contributed by atoms with van der Waals surface area (Å²) >= 11 is 0. The molecule has 0 radical (unpaired) electrons. The van der Waals surface area contributed by atoms with Crippen LogP contribution in [0.2, 0.25) is 0 Å². The summed E-state index contributed by atoms with van der Waals surface area (Å²) in [6.45, 7) is 6.96. The maximum atomic E-state index is 13.0. The zero-order valence-electron chi connectivity index (χ0n) is 15.7. The molecule has 144 valence electrons. The minimum absolute atomic E-state index is 0.0387. The SMILES string of the molecule is C[C@H](O)c1cc2n(n1)CCCN(C(=O)c1ccc(N3CCOCC3)cc1)C2. The van der Waals surface area contributed by atoms with E-state index in [-0.39, 0.29) is 5.91 Å². The first-order valence-corrected chi connectivity index (χ1v) is 9.58. The summed E-state index contributed by atoms with van der Waals surface area (Å²) in [5.41, 5.74) is 3.47. The van der Waals surface area contributed by atoms with Gasteiger partial charge in [0.05, 0.1) is 37.3 Å². The van der Waals surface area contributed by atoms with Crippen molar-refractivity contribution in [2.45, 2.75) is 32.5 Å². The Hall–Kier alpha value is -2.38. The highest BCUT2D eigenvalue weighted by Gasteiger charge is 2.23. The van der Waals surface area contributed by atoms with Crippen molar-refractivity contribution < 1.29 is 14.6 Å². The van der Waals surface area contributed by atoms with Gasteiger partial charge < -0.3 is 19.6 Å². The van der Waals surface area contributed by atoms with Gasteiger partial charge in [0.15, 0.2) is 0 Å². The average molecular weight is 370 g/mol. The quantitative estimate of drug-likeness (QED) is 0.892. The standard InChI is InChI=1S/C20H26N4O3/c1-15(25)19-13-18-14-23(7-2-8-24(18)21-19)20(26)16-3-5-17(6-4-16)22-9-11-27-12-10-22/h3-6,13,15,25H,2,7-12,14H2,1H3/t15-/m0/s1. The van der Waals surface area contributed by atoms with Gasteiger partial charge in [-0.25, -0.2) is 0 Å². The molecule has 0 unspecified atom stereocenters. The monoisotopic (exact) mass is 370 g/mol. The molecular weight excluding hydrogens is 344 g/mol. The van der Waals surface area contributed by atoms with E-state index in [0.29, 0.717) is 24.3 Å². The number of hydrogen-bond donors (Lipinski definition) is 1. The number of carbonyl (C=O) groups excluding carboxylic acids is 1. The van der Waals surface area contributed by atoms with Crippen molar-refractivity contribution in [1.82, 2.24) is 14.7 Å². The zero-order chi connectivity index (χ0) is 18.8. The summed E-state index contributed by atoms with van der Waals surface area (Å²) in [5.74, 6) is 0.0387. The Kier molecular flexibility index (Phi) is 5.13. The third-order valence-corrected chi connectivity index (χ3v) is 5.24. The van der Waals surface area contributed by atoms with Crippen molar-refractivity contribution >= 4 is 11.6 Å². The topological polar surface area (TPSA) is 70.8 Å². The number of aliphatic hydroxyl groups is 1. The minimum Gasteiger partial charge on any atom is -0.387 e. The van der Waals surface area contributed by atoms with Gasteiger partial charge in [-0.15, -0.1) is 0 Å².